The SMILES string of the molecule is N#C[C@H](NC(=O)CC1(N2CCOCC2)CCCC1)c1ccccc1F. The van der Waals surface area contributed by atoms with Gasteiger partial charge in [0, 0.05) is 30.6 Å². The molecule has 0 radical (unpaired) electrons. The zero-order valence-corrected chi connectivity index (χ0v) is 14.3. The number of amides is 1. The fraction of sp³-hybridized carbons (Fsp3) is 0.579. The predicted octanol–water partition coefficient (Wildman–Crippen LogP) is 2.54. The number of carbonyl (C=O) groups excluding carboxylic acids is 1. The van der Waals surface area contributed by atoms with Crippen LogP contribution in [-0.4, -0.2) is 42.6 Å². The number of hydrogen-bond donors (Lipinski definition) is 1. The van der Waals surface area contributed by atoms with Crippen LogP contribution in [0.15, 0.2) is 24.3 Å². The van der Waals surface area contributed by atoms with Gasteiger partial charge in [0.25, 0.3) is 0 Å². The number of nitrogens with one attached hydrogen (secondary N) is 1. The first-order valence-corrected chi connectivity index (χ1v) is 8.91. The van der Waals surface area contributed by atoms with E-state index < -0.39 is 11.9 Å². The third-order valence-corrected chi connectivity index (χ3v) is 5.36. The van der Waals surface area contributed by atoms with Crippen molar-refractivity contribution in [3.05, 3.63) is 35.6 Å². The molecule has 1 aromatic carbocycles. The van der Waals surface area contributed by atoms with Crippen molar-refractivity contribution in [1.82, 2.24) is 10.2 Å². The largest absolute Gasteiger partial charge is 0.379 e. The highest BCUT2D eigenvalue weighted by Crippen LogP contribution is 2.38. The number of halogens is 1. The maximum Gasteiger partial charge on any atom is 0.223 e. The van der Waals surface area contributed by atoms with E-state index in [0.717, 1.165) is 38.8 Å². The Morgan fingerprint density at radius 1 is 1.32 bits per heavy atom. The summed E-state index contributed by atoms with van der Waals surface area (Å²) >= 11 is 0. The maximum absolute atomic E-state index is 13.9. The zero-order valence-electron chi connectivity index (χ0n) is 14.3. The second kappa shape index (κ2) is 7.94. The number of ether oxygens (including phenoxy) is 1. The number of morpholine rings is 1. The number of rotatable bonds is 5. The minimum Gasteiger partial charge on any atom is -0.379 e. The molecule has 25 heavy (non-hydrogen) atoms. The summed E-state index contributed by atoms with van der Waals surface area (Å²) in [5, 5.41) is 12.1. The highest BCUT2D eigenvalue weighted by atomic mass is 19.1. The second-order valence-corrected chi connectivity index (χ2v) is 6.86. The number of hydrogen-bond acceptors (Lipinski definition) is 4. The summed E-state index contributed by atoms with van der Waals surface area (Å²) in [7, 11) is 0. The lowest BCUT2D eigenvalue weighted by molar-refractivity contribution is -0.125. The molecule has 1 amide bonds. The molecular weight excluding hydrogens is 321 g/mol. The molecule has 5 nitrogen and oxygen atoms in total. The Morgan fingerprint density at radius 2 is 2.00 bits per heavy atom. The maximum atomic E-state index is 13.9. The summed E-state index contributed by atoms with van der Waals surface area (Å²) in [5.41, 5.74) is 0.0634. The Bertz CT molecular complexity index is 646. The van der Waals surface area contributed by atoms with Crippen molar-refractivity contribution in [1.29, 1.82) is 5.26 Å². The zero-order chi connectivity index (χ0) is 17.7. The molecule has 134 valence electrons. The molecule has 0 bridgehead atoms. The smallest absolute Gasteiger partial charge is 0.223 e. The quantitative estimate of drug-likeness (QED) is 0.891. The Hall–Kier alpha value is -1.97. The van der Waals surface area contributed by atoms with Gasteiger partial charge in [-0.15, -0.1) is 0 Å². The average Bonchev–Trinajstić information content (AvgIpc) is 3.11. The number of benzene rings is 1. The van der Waals surface area contributed by atoms with Gasteiger partial charge in [0.05, 0.1) is 19.3 Å². The molecule has 0 unspecified atom stereocenters. The first kappa shape index (κ1) is 17.8. The first-order chi connectivity index (χ1) is 12.1. The summed E-state index contributed by atoms with van der Waals surface area (Å²) in [4.78, 5) is 15.0. The lowest BCUT2D eigenvalue weighted by Crippen LogP contribution is -2.54. The van der Waals surface area contributed by atoms with Crippen LogP contribution in [0.4, 0.5) is 4.39 Å². The van der Waals surface area contributed by atoms with Crippen molar-refractivity contribution in [2.45, 2.75) is 43.7 Å². The first-order valence-electron chi connectivity index (χ1n) is 8.91. The van der Waals surface area contributed by atoms with Crippen LogP contribution >= 0.6 is 0 Å². The number of nitrogens with zero attached hydrogens (tertiary/aromatic N) is 2. The van der Waals surface area contributed by atoms with Crippen LogP contribution in [0.5, 0.6) is 0 Å². The molecule has 1 aliphatic heterocycles. The van der Waals surface area contributed by atoms with Gasteiger partial charge in [0.1, 0.15) is 11.9 Å². The highest BCUT2D eigenvalue weighted by Gasteiger charge is 2.42. The van der Waals surface area contributed by atoms with E-state index >= 15 is 0 Å². The molecule has 1 saturated heterocycles. The van der Waals surface area contributed by atoms with Crippen molar-refractivity contribution in [2.24, 2.45) is 0 Å². The Kier molecular flexibility index (Phi) is 5.67. The van der Waals surface area contributed by atoms with Crippen LogP contribution in [-0.2, 0) is 9.53 Å². The van der Waals surface area contributed by atoms with Crippen LogP contribution in [0.25, 0.3) is 0 Å². The van der Waals surface area contributed by atoms with E-state index in [1.165, 1.54) is 12.1 Å². The topological polar surface area (TPSA) is 65.4 Å². The summed E-state index contributed by atoms with van der Waals surface area (Å²) in [6, 6.07) is 7.12. The van der Waals surface area contributed by atoms with E-state index in [1.54, 1.807) is 12.1 Å². The summed E-state index contributed by atoms with van der Waals surface area (Å²) < 4.78 is 19.4. The lowest BCUT2D eigenvalue weighted by atomic mass is 9.89. The van der Waals surface area contributed by atoms with Crippen molar-refractivity contribution in [3.63, 3.8) is 0 Å². The van der Waals surface area contributed by atoms with Gasteiger partial charge in [-0.05, 0) is 18.9 Å². The van der Waals surface area contributed by atoms with Gasteiger partial charge in [-0.1, -0.05) is 31.0 Å². The van der Waals surface area contributed by atoms with E-state index in [9.17, 15) is 14.4 Å². The lowest BCUT2D eigenvalue weighted by Gasteiger charge is -2.43. The molecule has 2 fully saturated rings. The molecule has 1 aromatic rings. The molecule has 3 rings (SSSR count). The van der Waals surface area contributed by atoms with Crippen molar-refractivity contribution >= 4 is 5.91 Å². The van der Waals surface area contributed by atoms with Crippen LogP contribution < -0.4 is 5.32 Å². The van der Waals surface area contributed by atoms with Gasteiger partial charge >= 0.3 is 0 Å². The predicted molar refractivity (Wildman–Crippen MR) is 91.1 cm³/mol. The van der Waals surface area contributed by atoms with E-state index in [2.05, 4.69) is 10.2 Å². The second-order valence-electron chi connectivity index (χ2n) is 6.86. The van der Waals surface area contributed by atoms with E-state index in [0.29, 0.717) is 19.6 Å². The Labute approximate surface area is 147 Å². The van der Waals surface area contributed by atoms with Crippen LogP contribution in [0.3, 0.4) is 0 Å². The van der Waals surface area contributed by atoms with Gasteiger partial charge in [-0.2, -0.15) is 5.26 Å². The van der Waals surface area contributed by atoms with Gasteiger partial charge in [0.2, 0.25) is 5.91 Å². The Morgan fingerprint density at radius 3 is 2.64 bits per heavy atom. The molecule has 1 saturated carbocycles. The van der Waals surface area contributed by atoms with Crippen LogP contribution in [0.2, 0.25) is 0 Å². The van der Waals surface area contributed by atoms with Crippen molar-refractivity contribution in [3.8, 4) is 6.07 Å². The molecule has 0 spiro atoms. The fourth-order valence-corrected chi connectivity index (χ4v) is 4.08. The molecule has 1 aliphatic carbocycles. The average molecular weight is 345 g/mol. The molecule has 1 atom stereocenters. The standard InChI is InChI=1S/C19H24FN3O2/c20-16-6-2-1-5-15(16)17(14-21)22-18(24)13-19(7-3-4-8-19)23-9-11-25-12-10-23/h1-2,5-6,17H,3-4,7-13H2,(H,22,24)/t17-/m0/s1. The van der Waals surface area contributed by atoms with Gasteiger partial charge in [0.15, 0.2) is 0 Å². The van der Waals surface area contributed by atoms with Gasteiger partial charge < -0.3 is 10.1 Å². The summed E-state index contributed by atoms with van der Waals surface area (Å²) in [6.45, 7) is 3.06. The molecular formula is C19H24FN3O2. The summed E-state index contributed by atoms with van der Waals surface area (Å²) in [5.74, 6) is -0.665. The molecule has 6 heteroatoms. The third-order valence-electron chi connectivity index (χ3n) is 5.36. The molecule has 2 aliphatic rings. The molecule has 0 aromatic heterocycles. The molecule has 1 N–H and O–H groups in total. The van der Waals surface area contributed by atoms with Crippen molar-refractivity contribution in [2.75, 3.05) is 26.3 Å². The Balaban J connectivity index is 1.69. The highest BCUT2D eigenvalue weighted by molar-refractivity contribution is 5.78. The summed E-state index contributed by atoms with van der Waals surface area (Å²) in [6.07, 6.45) is 4.54. The van der Waals surface area contributed by atoms with Crippen LogP contribution in [0, 0.1) is 17.1 Å². The van der Waals surface area contributed by atoms with E-state index in [-0.39, 0.29) is 17.0 Å². The molecule has 1 heterocycles. The van der Waals surface area contributed by atoms with Crippen LogP contribution in [0.1, 0.15) is 43.7 Å². The number of nitriles is 1. The number of carbonyl (C=O) groups is 1. The van der Waals surface area contributed by atoms with Crippen molar-refractivity contribution < 1.29 is 13.9 Å². The van der Waals surface area contributed by atoms with E-state index in [1.807, 2.05) is 6.07 Å². The fourth-order valence-electron chi connectivity index (χ4n) is 4.08. The van der Waals surface area contributed by atoms with E-state index in [4.69, 9.17) is 4.74 Å². The minimum absolute atomic E-state index is 0.150. The monoisotopic (exact) mass is 345 g/mol. The third kappa shape index (κ3) is 4.00. The normalized spacial score (nSPS) is 21.4. The van der Waals surface area contributed by atoms with Gasteiger partial charge in [-0.25, -0.2) is 4.39 Å². The minimum atomic E-state index is -0.961. The van der Waals surface area contributed by atoms with Gasteiger partial charge in [-0.3, -0.25) is 9.69 Å².